The molecular weight excluding hydrogens is 305 g/mol. The summed E-state index contributed by atoms with van der Waals surface area (Å²) in [6.45, 7) is 5.59. The Labute approximate surface area is 124 Å². The van der Waals surface area contributed by atoms with Crippen LogP contribution >= 0.6 is 0 Å². The predicted molar refractivity (Wildman–Crippen MR) is 76.0 cm³/mol. The first-order valence-electron chi connectivity index (χ1n) is 6.11. The van der Waals surface area contributed by atoms with E-state index in [2.05, 4.69) is 14.1 Å². The maximum absolute atomic E-state index is 12.1. The minimum absolute atomic E-state index is 0.0569. The van der Waals surface area contributed by atoms with Crippen LogP contribution < -0.4 is 4.74 Å². The zero-order valence-electron chi connectivity index (χ0n) is 12.2. The van der Waals surface area contributed by atoms with Gasteiger partial charge in [-0.3, -0.25) is 4.98 Å². The highest BCUT2D eigenvalue weighted by Crippen LogP contribution is 2.21. The molecule has 0 radical (unpaired) electrons. The molecule has 0 aliphatic heterocycles. The van der Waals surface area contributed by atoms with E-state index in [0.717, 1.165) is 0 Å². The second-order valence-corrected chi connectivity index (χ2v) is 7.31. The highest BCUT2D eigenvalue weighted by Gasteiger charge is 2.28. The summed E-state index contributed by atoms with van der Waals surface area (Å²) in [5.74, 6) is 0.0569. The van der Waals surface area contributed by atoms with Gasteiger partial charge in [-0.2, -0.15) is 17.6 Å². The molecule has 0 fully saturated rings. The molecule has 0 aromatic carbocycles. The van der Waals surface area contributed by atoms with Crippen molar-refractivity contribution in [2.45, 2.75) is 38.6 Å². The largest absolute Gasteiger partial charge is 0.482 e. The molecule has 0 aliphatic rings. The Morgan fingerprint density at radius 3 is 2.48 bits per heavy atom. The van der Waals surface area contributed by atoms with Crippen molar-refractivity contribution in [1.29, 1.82) is 0 Å². The maximum atomic E-state index is 12.1. The van der Waals surface area contributed by atoms with Crippen LogP contribution in [0.2, 0.25) is 0 Å². The SMILES string of the molecule is Cc1cc(C=N[S@](=O)C(C)(C)C)ncc1OCC(F)(F)F. The van der Waals surface area contributed by atoms with Crippen LogP contribution in [0.5, 0.6) is 5.75 Å². The molecule has 1 aromatic heterocycles. The lowest BCUT2D eigenvalue weighted by atomic mass is 10.2. The predicted octanol–water partition coefficient (Wildman–Crippen LogP) is 3.21. The van der Waals surface area contributed by atoms with E-state index in [0.29, 0.717) is 11.3 Å². The Morgan fingerprint density at radius 2 is 2.00 bits per heavy atom. The lowest BCUT2D eigenvalue weighted by Gasteiger charge is -2.13. The van der Waals surface area contributed by atoms with Gasteiger partial charge >= 0.3 is 6.18 Å². The van der Waals surface area contributed by atoms with Crippen molar-refractivity contribution in [1.82, 2.24) is 4.98 Å². The molecule has 0 aliphatic carbocycles. The Balaban J connectivity index is 2.79. The maximum Gasteiger partial charge on any atom is 0.422 e. The number of halogens is 3. The summed E-state index contributed by atoms with van der Waals surface area (Å²) >= 11 is 0. The lowest BCUT2D eigenvalue weighted by molar-refractivity contribution is -0.153. The van der Waals surface area contributed by atoms with E-state index in [1.807, 2.05) is 0 Å². The number of ether oxygens (including phenoxy) is 1. The van der Waals surface area contributed by atoms with Gasteiger partial charge in [0.25, 0.3) is 0 Å². The van der Waals surface area contributed by atoms with E-state index in [1.165, 1.54) is 18.5 Å². The van der Waals surface area contributed by atoms with E-state index >= 15 is 0 Å². The van der Waals surface area contributed by atoms with Gasteiger partial charge in [-0.05, 0) is 39.3 Å². The van der Waals surface area contributed by atoms with Crippen LogP contribution in [0.4, 0.5) is 13.2 Å². The molecule has 0 saturated heterocycles. The van der Waals surface area contributed by atoms with E-state index in [4.69, 9.17) is 0 Å². The van der Waals surface area contributed by atoms with Gasteiger partial charge in [0.1, 0.15) is 16.7 Å². The summed E-state index contributed by atoms with van der Waals surface area (Å²) < 4.78 is 56.0. The van der Waals surface area contributed by atoms with Crippen molar-refractivity contribution >= 4 is 17.2 Å². The van der Waals surface area contributed by atoms with Gasteiger partial charge in [-0.15, -0.1) is 0 Å². The summed E-state index contributed by atoms with van der Waals surface area (Å²) in [6.07, 6.45) is -1.86. The molecule has 0 N–H and O–H groups in total. The second-order valence-electron chi connectivity index (χ2n) is 5.37. The molecule has 0 spiro atoms. The van der Waals surface area contributed by atoms with Gasteiger partial charge in [0.2, 0.25) is 0 Å². The third kappa shape index (κ3) is 6.24. The molecule has 0 bridgehead atoms. The number of aromatic nitrogens is 1. The van der Waals surface area contributed by atoms with Crippen LogP contribution in [-0.2, 0) is 11.0 Å². The highest BCUT2D eigenvalue weighted by atomic mass is 32.2. The van der Waals surface area contributed by atoms with Gasteiger partial charge in [0, 0.05) is 0 Å². The molecule has 0 amide bonds. The fraction of sp³-hybridized carbons (Fsp3) is 0.538. The van der Waals surface area contributed by atoms with Crippen molar-refractivity contribution in [3.05, 3.63) is 23.5 Å². The number of rotatable bonds is 4. The summed E-state index contributed by atoms with van der Waals surface area (Å²) in [4.78, 5) is 3.92. The fourth-order valence-electron chi connectivity index (χ4n) is 1.21. The molecule has 0 saturated carbocycles. The zero-order valence-corrected chi connectivity index (χ0v) is 13.0. The average molecular weight is 322 g/mol. The van der Waals surface area contributed by atoms with Gasteiger partial charge < -0.3 is 4.74 Å². The molecule has 118 valence electrons. The summed E-state index contributed by atoms with van der Waals surface area (Å²) in [5, 5.41) is 0. The van der Waals surface area contributed by atoms with Crippen LogP contribution in [-0.4, -0.2) is 32.9 Å². The monoisotopic (exact) mass is 322 g/mol. The second kappa shape index (κ2) is 6.55. The molecular formula is C13H17F3N2O2S. The summed E-state index contributed by atoms with van der Waals surface area (Å²) in [5.41, 5.74) is 0.904. The lowest BCUT2D eigenvalue weighted by Crippen LogP contribution is -2.20. The number of hydrogen-bond donors (Lipinski definition) is 0. The molecule has 1 atom stereocenters. The van der Waals surface area contributed by atoms with Crippen LogP contribution in [0, 0.1) is 6.92 Å². The van der Waals surface area contributed by atoms with Crippen molar-refractivity contribution in [3.8, 4) is 5.75 Å². The van der Waals surface area contributed by atoms with E-state index in [1.54, 1.807) is 27.7 Å². The third-order valence-corrected chi connectivity index (χ3v) is 3.62. The Bertz CT molecular complexity index is 551. The summed E-state index contributed by atoms with van der Waals surface area (Å²) in [7, 11) is -1.42. The Kier molecular flexibility index (Phi) is 5.49. The van der Waals surface area contributed by atoms with E-state index in [9.17, 15) is 17.4 Å². The third-order valence-electron chi connectivity index (χ3n) is 2.28. The smallest absolute Gasteiger partial charge is 0.422 e. The van der Waals surface area contributed by atoms with Crippen molar-refractivity contribution < 1.29 is 22.1 Å². The first kappa shape index (κ1) is 17.6. The normalized spacial score (nSPS) is 14.4. The molecule has 21 heavy (non-hydrogen) atoms. The highest BCUT2D eigenvalue weighted by molar-refractivity contribution is 7.85. The van der Waals surface area contributed by atoms with Crippen molar-refractivity contribution in [3.63, 3.8) is 0 Å². The van der Waals surface area contributed by atoms with Gasteiger partial charge in [-0.1, -0.05) is 0 Å². The number of alkyl halides is 3. The molecule has 1 aromatic rings. The van der Waals surface area contributed by atoms with Crippen LogP contribution in [0.3, 0.4) is 0 Å². The van der Waals surface area contributed by atoms with Gasteiger partial charge in [0.15, 0.2) is 6.61 Å². The fourth-order valence-corrected chi connectivity index (χ4v) is 1.73. The number of nitrogens with zero attached hydrogens (tertiary/aromatic N) is 2. The van der Waals surface area contributed by atoms with Crippen molar-refractivity contribution in [2.75, 3.05) is 6.61 Å². The van der Waals surface area contributed by atoms with Crippen molar-refractivity contribution in [2.24, 2.45) is 4.40 Å². The topological polar surface area (TPSA) is 51.5 Å². The summed E-state index contributed by atoms with van der Waals surface area (Å²) in [6, 6.07) is 1.52. The van der Waals surface area contributed by atoms with E-state index < -0.39 is 28.5 Å². The number of pyridine rings is 1. The molecule has 0 unspecified atom stereocenters. The van der Waals surface area contributed by atoms with Crippen LogP contribution in [0.15, 0.2) is 16.7 Å². The quantitative estimate of drug-likeness (QED) is 0.800. The Hall–Kier alpha value is -1.44. The van der Waals surface area contributed by atoms with Crippen LogP contribution in [0.1, 0.15) is 32.0 Å². The van der Waals surface area contributed by atoms with Gasteiger partial charge in [-0.25, -0.2) is 4.21 Å². The minimum atomic E-state index is -4.39. The number of hydrogen-bond acceptors (Lipinski definition) is 3. The number of aryl methyl sites for hydroxylation is 1. The average Bonchev–Trinajstić information content (AvgIpc) is 2.32. The molecule has 8 heteroatoms. The molecule has 4 nitrogen and oxygen atoms in total. The molecule has 1 rings (SSSR count). The molecule has 1 heterocycles. The Morgan fingerprint density at radius 1 is 1.38 bits per heavy atom. The van der Waals surface area contributed by atoms with E-state index in [-0.39, 0.29) is 5.75 Å². The zero-order chi connectivity index (χ0) is 16.3. The minimum Gasteiger partial charge on any atom is -0.482 e. The standard InChI is InChI=1S/C13H17F3N2O2S/c1-9-5-10(6-18-21(19)12(2,3)4)17-7-11(9)20-8-13(14,15)16/h5-7H,8H2,1-4H3/t21-/m1/s1. The first-order chi connectivity index (χ1) is 9.49. The van der Waals surface area contributed by atoms with Crippen LogP contribution in [0.25, 0.3) is 0 Å². The van der Waals surface area contributed by atoms with Gasteiger partial charge in [0.05, 0.1) is 22.9 Å². The first-order valence-corrected chi connectivity index (χ1v) is 7.22.